The molecule has 2 heterocycles. The zero-order chi connectivity index (χ0) is 27.0. The van der Waals surface area contributed by atoms with Crippen LogP contribution in [0.4, 0.5) is 0 Å². The number of aliphatic hydroxyl groups excluding tert-OH is 2. The second-order valence-electron chi connectivity index (χ2n) is 13.3. The third kappa shape index (κ3) is 3.84. The van der Waals surface area contributed by atoms with E-state index in [2.05, 4.69) is 32.6 Å². The Morgan fingerprint density at radius 2 is 1.82 bits per heavy atom. The molecule has 38 heavy (non-hydrogen) atoms. The van der Waals surface area contributed by atoms with E-state index in [1.807, 2.05) is 12.3 Å². The van der Waals surface area contributed by atoms with Crippen LogP contribution in [-0.2, 0) is 14.2 Å². The number of aliphatic hydroxyl groups is 3. The number of hydrogen-bond donors (Lipinski definition) is 4. The van der Waals surface area contributed by atoms with Crippen LogP contribution in [0, 0.1) is 28.6 Å². The Morgan fingerprint density at radius 3 is 2.55 bits per heavy atom. The summed E-state index contributed by atoms with van der Waals surface area (Å²) >= 11 is 0. The molecule has 210 valence electrons. The smallest absolute Gasteiger partial charge is 0.187 e. The van der Waals surface area contributed by atoms with E-state index >= 15 is 0 Å². The van der Waals surface area contributed by atoms with Crippen LogP contribution in [-0.4, -0.2) is 57.7 Å². The monoisotopic (exact) mass is 527 g/mol. The van der Waals surface area contributed by atoms with E-state index in [0.29, 0.717) is 17.6 Å². The fourth-order valence-electron chi connectivity index (χ4n) is 9.25. The Balaban J connectivity index is 1.20. The molecule has 2 aliphatic heterocycles. The standard InChI is InChI=1S/C31H45NO6/c1-17-5-6-19(16-36-17)22-11-14-31(35)24-8-7-20-15-21(38-28-27(34)26(33)25(32)18(2)37-28)9-12-29(20,3)23(24)10-13-30(22,31)4/h5-6,15-16,18,21-28,33-35H,1,7-14,32H2,2-4H3/t18-,21-,22+,23-,24+,25-,26+,27+,28-,29-,30+,31-/m0/s1. The molecule has 12 atom stereocenters. The predicted octanol–water partition coefficient (Wildman–Crippen LogP) is 3.84. The fraction of sp³-hybridized carbons (Fsp3) is 0.742. The minimum Gasteiger partial charge on any atom is -0.465 e. The number of allylic oxidation sites excluding steroid dienone is 4. The molecule has 0 unspecified atom stereocenters. The molecule has 1 saturated heterocycles. The van der Waals surface area contributed by atoms with Crippen LogP contribution in [0.1, 0.15) is 72.1 Å². The minimum atomic E-state index is -1.16. The van der Waals surface area contributed by atoms with Gasteiger partial charge in [0.2, 0.25) is 0 Å². The molecule has 0 bridgehead atoms. The Kier molecular flexibility index (Phi) is 6.53. The molecule has 6 aliphatic rings. The minimum absolute atomic E-state index is 0.0317. The van der Waals surface area contributed by atoms with Crippen LogP contribution in [0.2, 0.25) is 0 Å². The highest BCUT2D eigenvalue weighted by atomic mass is 16.7. The van der Waals surface area contributed by atoms with E-state index in [0.717, 1.165) is 51.4 Å². The number of rotatable bonds is 3. The quantitative estimate of drug-likeness (QED) is 0.412. The van der Waals surface area contributed by atoms with Crippen molar-refractivity contribution in [1.29, 1.82) is 0 Å². The second-order valence-corrected chi connectivity index (χ2v) is 13.3. The maximum atomic E-state index is 12.5. The van der Waals surface area contributed by atoms with Crippen molar-refractivity contribution in [2.75, 3.05) is 0 Å². The van der Waals surface area contributed by atoms with Crippen molar-refractivity contribution < 1.29 is 29.5 Å². The van der Waals surface area contributed by atoms with Gasteiger partial charge in [0.25, 0.3) is 0 Å². The van der Waals surface area contributed by atoms with E-state index in [9.17, 15) is 15.3 Å². The predicted molar refractivity (Wildman–Crippen MR) is 143 cm³/mol. The van der Waals surface area contributed by atoms with E-state index in [-0.39, 0.29) is 22.9 Å². The summed E-state index contributed by atoms with van der Waals surface area (Å²) in [7, 11) is 0. The molecule has 0 aromatic rings. The Hall–Kier alpha value is -1.48. The third-order valence-corrected chi connectivity index (χ3v) is 11.7. The van der Waals surface area contributed by atoms with Crippen molar-refractivity contribution in [3.63, 3.8) is 0 Å². The molecule has 3 saturated carbocycles. The molecule has 0 aromatic heterocycles. The molecule has 4 aliphatic carbocycles. The van der Waals surface area contributed by atoms with Gasteiger partial charge in [-0.1, -0.05) is 38.2 Å². The molecular weight excluding hydrogens is 482 g/mol. The van der Waals surface area contributed by atoms with Gasteiger partial charge in [0.1, 0.15) is 18.0 Å². The van der Waals surface area contributed by atoms with Gasteiger partial charge in [0.05, 0.1) is 30.1 Å². The summed E-state index contributed by atoms with van der Waals surface area (Å²) in [6, 6.07) is -0.636. The lowest BCUT2D eigenvalue weighted by atomic mass is 9.45. The number of ether oxygens (including phenoxy) is 3. The fourth-order valence-corrected chi connectivity index (χ4v) is 9.25. The molecular formula is C31H45NO6. The van der Waals surface area contributed by atoms with Crippen molar-refractivity contribution >= 4 is 0 Å². The van der Waals surface area contributed by atoms with Crippen molar-refractivity contribution in [2.45, 2.75) is 114 Å². The summed E-state index contributed by atoms with van der Waals surface area (Å²) in [5.41, 5.74) is 7.72. The summed E-state index contributed by atoms with van der Waals surface area (Å²) in [6.07, 6.45) is 12.1. The van der Waals surface area contributed by atoms with E-state index < -0.39 is 36.2 Å². The first-order valence-corrected chi connectivity index (χ1v) is 14.6. The van der Waals surface area contributed by atoms with Crippen LogP contribution < -0.4 is 5.73 Å². The van der Waals surface area contributed by atoms with Gasteiger partial charge in [-0.05, 0) is 93.1 Å². The van der Waals surface area contributed by atoms with Crippen molar-refractivity contribution in [3.05, 3.63) is 48.0 Å². The lowest BCUT2D eigenvalue weighted by Gasteiger charge is -2.62. The van der Waals surface area contributed by atoms with Crippen LogP contribution in [0.15, 0.2) is 48.0 Å². The van der Waals surface area contributed by atoms with Gasteiger partial charge < -0.3 is 35.3 Å². The lowest BCUT2D eigenvalue weighted by Crippen LogP contribution is -2.61. The van der Waals surface area contributed by atoms with Crippen LogP contribution in [0.25, 0.3) is 0 Å². The molecule has 0 amide bonds. The van der Waals surface area contributed by atoms with Crippen molar-refractivity contribution in [3.8, 4) is 0 Å². The van der Waals surface area contributed by atoms with Gasteiger partial charge in [-0.25, -0.2) is 0 Å². The zero-order valence-corrected chi connectivity index (χ0v) is 23.0. The van der Waals surface area contributed by atoms with Crippen LogP contribution in [0.3, 0.4) is 0 Å². The summed E-state index contributed by atoms with van der Waals surface area (Å²) in [6.45, 7) is 10.4. The maximum Gasteiger partial charge on any atom is 0.187 e. The van der Waals surface area contributed by atoms with Crippen molar-refractivity contribution in [2.24, 2.45) is 34.3 Å². The van der Waals surface area contributed by atoms with Crippen molar-refractivity contribution in [1.82, 2.24) is 0 Å². The highest BCUT2D eigenvalue weighted by Gasteiger charge is 2.67. The molecule has 7 nitrogen and oxygen atoms in total. The lowest BCUT2D eigenvalue weighted by molar-refractivity contribution is -0.279. The van der Waals surface area contributed by atoms with Crippen LogP contribution in [0.5, 0.6) is 0 Å². The first-order valence-electron chi connectivity index (χ1n) is 14.6. The maximum absolute atomic E-state index is 12.5. The molecule has 0 aromatic carbocycles. The number of fused-ring (bicyclic) bond motifs is 5. The molecule has 0 spiro atoms. The third-order valence-electron chi connectivity index (χ3n) is 11.7. The molecule has 6 rings (SSSR count). The van der Waals surface area contributed by atoms with Gasteiger partial charge in [0.15, 0.2) is 6.29 Å². The Labute approximate surface area is 226 Å². The number of hydrogen-bond acceptors (Lipinski definition) is 7. The molecule has 7 heteroatoms. The topological polar surface area (TPSA) is 114 Å². The summed E-state index contributed by atoms with van der Waals surface area (Å²) in [5.74, 6) is 1.66. The summed E-state index contributed by atoms with van der Waals surface area (Å²) in [5, 5.41) is 33.3. The average Bonchev–Trinajstić information content (AvgIpc) is 3.18. The summed E-state index contributed by atoms with van der Waals surface area (Å²) in [4.78, 5) is 0. The van der Waals surface area contributed by atoms with Gasteiger partial charge in [0, 0.05) is 5.41 Å². The van der Waals surface area contributed by atoms with E-state index in [1.54, 1.807) is 6.92 Å². The first-order chi connectivity index (χ1) is 18.0. The Morgan fingerprint density at radius 1 is 1.03 bits per heavy atom. The van der Waals surface area contributed by atoms with E-state index in [4.69, 9.17) is 19.9 Å². The second kappa shape index (κ2) is 9.28. The normalized spacial score (nSPS) is 52.3. The van der Waals surface area contributed by atoms with Gasteiger partial charge in [-0.2, -0.15) is 0 Å². The molecule has 5 N–H and O–H groups in total. The largest absolute Gasteiger partial charge is 0.465 e. The van der Waals surface area contributed by atoms with Gasteiger partial charge >= 0.3 is 0 Å². The highest BCUT2D eigenvalue weighted by Crippen LogP contribution is 2.69. The Bertz CT molecular complexity index is 1070. The molecule has 0 radical (unpaired) electrons. The number of nitrogens with two attached hydrogens (primary N) is 1. The first kappa shape index (κ1) is 26.7. The van der Waals surface area contributed by atoms with E-state index in [1.165, 1.54) is 11.1 Å². The van der Waals surface area contributed by atoms with Gasteiger partial charge in [-0.15, -0.1) is 0 Å². The molecule has 4 fully saturated rings. The average molecular weight is 528 g/mol. The summed E-state index contributed by atoms with van der Waals surface area (Å²) < 4.78 is 17.7. The zero-order valence-electron chi connectivity index (χ0n) is 23.0. The highest BCUT2D eigenvalue weighted by molar-refractivity contribution is 5.35. The van der Waals surface area contributed by atoms with Crippen LogP contribution >= 0.6 is 0 Å². The SMILES string of the molecule is C=C1C=CC([C@H]2CC[C@]3(O)[C@@H]4CCC5=C[C@@H](O[C@@H]6O[C@@H](C)[C@H](N)[C@@H](O)[C@H]6O)CC[C@]5(C)[C@H]4CC[C@]23C)=CO1. The van der Waals surface area contributed by atoms with Gasteiger partial charge in [-0.3, -0.25) is 0 Å².